The number of rotatable bonds is 6. The Bertz CT molecular complexity index is 815. The zero-order chi connectivity index (χ0) is 20.0. The van der Waals surface area contributed by atoms with E-state index in [1.807, 2.05) is 39.0 Å². The molecular weight excluding hydrogens is 368 g/mol. The van der Waals surface area contributed by atoms with E-state index >= 15 is 0 Å². The summed E-state index contributed by atoms with van der Waals surface area (Å²) in [6, 6.07) is 10.9. The van der Waals surface area contributed by atoms with Crippen molar-refractivity contribution in [1.29, 1.82) is 0 Å². The molecule has 0 fully saturated rings. The van der Waals surface area contributed by atoms with E-state index in [0.29, 0.717) is 16.5 Å². The second kappa shape index (κ2) is 9.28. The van der Waals surface area contributed by atoms with Crippen LogP contribution in [0.25, 0.3) is 0 Å². The van der Waals surface area contributed by atoms with Crippen molar-refractivity contribution in [2.45, 2.75) is 33.8 Å². The van der Waals surface area contributed by atoms with Crippen molar-refractivity contribution in [2.24, 2.45) is 0 Å². The Hall–Kier alpha value is -2.73. The van der Waals surface area contributed by atoms with Crippen molar-refractivity contribution in [2.75, 3.05) is 6.61 Å². The molecule has 6 nitrogen and oxygen atoms in total. The zero-order valence-electron chi connectivity index (χ0n) is 15.8. The third-order valence-electron chi connectivity index (χ3n) is 3.78. The number of carbonyl (C=O) groups is 2. The molecular formula is C20H23ClN2O4. The highest BCUT2D eigenvalue weighted by molar-refractivity contribution is 6.32. The second-order valence-corrected chi connectivity index (χ2v) is 6.65. The first kappa shape index (κ1) is 20.6. The fraction of sp³-hybridized carbons (Fsp3) is 0.300. The van der Waals surface area contributed by atoms with Gasteiger partial charge in [-0.1, -0.05) is 23.7 Å². The Morgan fingerprint density at radius 1 is 1.04 bits per heavy atom. The number of hydrogen-bond donors (Lipinski definition) is 2. The van der Waals surface area contributed by atoms with E-state index in [9.17, 15) is 9.59 Å². The third kappa shape index (κ3) is 6.18. The van der Waals surface area contributed by atoms with Crippen LogP contribution < -0.4 is 20.3 Å². The maximum atomic E-state index is 12.0. The summed E-state index contributed by atoms with van der Waals surface area (Å²) in [6.07, 6.45) is -0.769. The molecule has 1 unspecified atom stereocenters. The van der Waals surface area contributed by atoms with Gasteiger partial charge in [0.2, 0.25) is 0 Å². The SMILES string of the molecule is Cc1cccc(OC(C)C(=O)NNC(=O)COc2cc(C)c(Cl)c(C)c2)c1. The molecule has 27 heavy (non-hydrogen) atoms. The van der Waals surface area contributed by atoms with Crippen LogP contribution in [-0.2, 0) is 9.59 Å². The molecule has 2 rings (SSSR count). The van der Waals surface area contributed by atoms with Crippen molar-refractivity contribution < 1.29 is 19.1 Å². The van der Waals surface area contributed by atoms with Crippen LogP contribution in [0.4, 0.5) is 0 Å². The minimum Gasteiger partial charge on any atom is -0.484 e. The summed E-state index contributed by atoms with van der Waals surface area (Å²) in [7, 11) is 0. The molecule has 0 bridgehead atoms. The van der Waals surface area contributed by atoms with Crippen LogP contribution in [0.5, 0.6) is 11.5 Å². The first-order chi connectivity index (χ1) is 12.8. The van der Waals surface area contributed by atoms with Crippen LogP contribution in [0.2, 0.25) is 5.02 Å². The molecule has 0 saturated carbocycles. The number of benzene rings is 2. The van der Waals surface area contributed by atoms with E-state index in [0.717, 1.165) is 16.7 Å². The van der Waals surface area contributed by atoms with Crippen molar-refractivity contribution in [3.05, 3.63) is 58.1 Å². The van der Waals surface area contributed by atoms with Crippen LogP contribution >= 0.6 is 11.6 Å². The topological polar surface area (TPSA) is 76.7 Å². The minimum absolute atomic E-state index is 0.242. The average Bonchev–Trinajstić information content (AvgIpc) is 2.62. The van der Waals surface area contributed by atoms with Gasteiger partial charge in [0.25, 0.3) is 11.8 Å². The number of hydrogen-bond acceptors (Lipinski definition) is 4. The number of aryl methyl sites for hydroxylation is 3. The summed E-state index contributed by atoms with van der Waals surface area (Å²) in [4.78, 5) is 23.9. The summed E-state index contributed by atoms with van der Waals surface area (Å²) in [5.74, 6) is 0.159. The summed E-state index contributed by atoms with van der Waals surface area (Å²) in [5, 5.41) is 0.668. The number of ether oxygens (including phenoxy) is 2. The first-order valence-corrected chi connectivity index (χ1v) is 8.85. The third-order valence-corrected chi connectivity index (χ3v) is 4.37. The Labute approximate surface area is 163 Å². The molecule has 1 atom stereocenters. The van der Waals surface area contributed by atoms with Crippen LogP contribution in [0.15, 0.2) is 36.4 Å². The lowest BCUT2D eigenvalue weighted by molar-refractivity contribution is -0.133. The lowest BCUT2D eigenvalue weighted by Crippen LogP contribution is -2.48. The van der Waals surface area contributed by atoms with Crippen LogP contribution in [0.1, 0.15) is 23.6 Å². The molecule has 2 N–H and O–H groups in total. The predicted octanol–water partition coefficient (Wildman–Crippen LogP) is 3.26. The molecule has 2 aromatic carbocycles. The normalized spacial score (nSPS) is 11.4. The van der Waals surface area contributed by atoms with E-state index in [1.54, 1.807) is 25.1 Å². The highest BCUT2D eigenvalue weighted by Gasteiger charge is 2.15. The highest BCUT2D eigenvalue weighted by Crippen LogP contribution is 2.25. The maximum Gasteiger partial charge on any atom is 0.279 e. The molecule has 0 aliphatic carbocycles. The maximum absolute atomic E-state index is 12.0. The second-order valence-electron chi connectivity index (χ2n) is 6.27. The molecule has 7 heteroatoms. The minimum atomic E-state index is -0.769. The number of halogens is 1. The molecule has 0 aromatic heterocycles. The van der Waals surface area contributed by atoms with E-state index in [1.165, 1.54) is 0 Å². The average molecular weight is 391 g/mol. The molecule has 2 aromatic rings. The van der Waals surface area contributed by atoms with Gasteiger partial charge in [-0.2, -0.15) is 0 Å². The van der Waals surface area contributed by atoms with Crippen molar-refractivity contribution in [3.63, 3.8) is 0 Å². The molecule has 0 radical (unpaired) electrons. The largest absolute Gasteiger partial charge is 0.484 e. The number of hydrazine groups is 1. The van der Waals surface area contributed by atoms with Crippen LogP contribution in [0.3, 0.4) is 0 Å². The molecule has 0 aliphatic rings. The molecule has 2 amide bonds. The van der Waals surface area contributed by atoms with Gasteiger partial charge in [-0.05, 0) is 68.7 Å². The summed E-state index contributed by atoms with van der Waals surface area (Å²) < 4.78 is 11.0. The van der Waals surface area contributed by atoms with E-state index in [4.69, 9.17) is 21.1 Å². The van der Waals surface area contributed by atoms with Crippen molar-refractivity contribution in [1.82, 2.24) is 10.9 Å². The van der Waals surface area contributed by atoms with E-state index in [-0.39, 0.29) is 6.61 Å². The fourth-order valence-electron chi connectivity index (χ4n) is 2.35. The number of nitrogens with one attached hydrogen (secondary N) is 2. The number of carbonyl (C=O) groups excluding carboxylic acids is 2. The van der Waals surface area contributed by atoms with Crippen molar-refractivity contribution in [3.8, 4) is 11.5 Å². The van der Waals surface area contributed by atoms with Gasteiger partial charge in [0.05, 0.1) is 0 Å². The number of amides is 2. The van der Waals surface area contributed by atoms with Gasteiger partial charge in [-0.15, -0.1) is 0 Å². The Morgan fingerprint density at radius 2 is 1.70 bits per heavy atom. The van der Waals surface area contributed by atoms with E-state index in [2.05, 4.69) is 10.9 Å². The Kier molecular flexibility index (Phi) is 7.07. The summed E-state index contributed by atoms with van der Waals surface area (Å²) >= 11 is 6.10. The molecule has 0 aliphatic heterocycles. The van der Waals surface area contributed by atoms with Gasteiger partial charge in [0.1, 0.15) is 11.5 Å². The summed E-state index contributed by atoms with van der Waals surface area (Å²) in [5.41, 5.74) is 7.38. The van der Waals surface area contributed by atoms with Gasteiger partial charge in [0, 0.05) is 5.02 Å². The summed E-state index contributed by atoms with van der Waals surface area (Å²) in [6.45, 7) is 7.01. The molecule has 0 spiro atoms. The Balaban J connectivity index is 1.78. The Morgan fingerprint density at radius 3 is 2.33 bits per heavy atom. The standard InChI is InChI=1S/C20H23ClN2O4/c1-12-6-5-7-16(8-12)27-15(4)20(25)23-22-18(24)11-26-17-9-13(2)19(21)14(3)10-17/h5-10,15H,11H2,1-4H3,(H,22,24)(H,23,25). The predicted molar refractivity (Wildman–Crippen MR) is 104 cm³/mol. The van der Waals surface area contributed by atoms with Crippen LogP contribution in [-0.4, -0.2) is 24.5 Å². The lowest BCUT2D eigenvalue weighted by Gasteiger charge is -2.15. The first-order valence-electron chi connectivity index (χ1n) is 8.48. The fourth-order valence-corrected chi connectivity index (χ4v) is 2.46. The van der Waals surface area contributed by atoms with Gasteiger partial charge >= 0.3 is 0 Å². The van der Waals surface area contributed by atoms with Gasteiger partial charge in [-0.25, -0.2) is 0 Å². The van der Waals surface area contributed by atoms with E-state index < -0.39 is 17.9 Å². The van der Waals surface area contributed by atoms with Crippen molar-refractivity contribution >= 4 is 23.4 Å². The highest BCUT2D eigenvalue weighted by atomic mass is 35.5. The quantitative estimate of drug-likeness (QED) is 0.742. The smallest absolute Gasteiger partial charge is 0.279 e. The van der Waals surface area contributed by atoms with Crippen LogP contribution in [0, 0.1) is 20.8 Å². The van der Waals surface area contributed by atoms with Gasteiger partial charge in [-0.3, -0.25) is 20.4 Å². The lowest BCUT2D eigenvalue weighted by atomic mass is 10.1. The molecule has 0 heterocycles. The zero-order valence-corrected chi connectivity index (χ0v) is 16.5. The molecule has 0 saturated heterocycles. The molecule has 144 valence electrons. The van der Waals surface area contributed by atoms with Gasteiger partial charge < -0.3 is 9.47 Å². The van der Waals surface area contributed by atoms with Gasteiger partial charge in [0.15, 0.2) is 12.7 Å². The monoisotopic (exact) mass is 390 g/mol.